The summed E-state index contributed by atoms with van der Waals surface area (Å²) in [5, 5.41) is 23.1. The minimum absolute atomic E-state index is 1.39. The van der Waals surface area contributed by atoms with Crippen LogP contribution in [0.4, 0.5) is 0 Å². The summed E-state index contributed by atoms with van der Waals surface area (Å²) >= 11 is 0. The van der Waals surface area contributed by atoms with E-state index in [1.807, 2.05) is 0 Å². The molecule has 0 aliphatic heterocycles. The number of rotatable bonds is 0. The molecule has 0 unspecified atom stereocenters. The average Bonchev–Trinajstić information content (AvgIpc) is 3.39. The van der Waals surface area contributed by atoms with Gasteiger partial charge in [-0.05, 0) is 123 Å². The zero-order valence-electron chi connectivity index (χ0n) is 13.8. The maximum atomic E-state index is 2.41. The molecule has 0 bridgehead atoms. The van der Waals surface area contributed by atoms with Crippen molar-refractivity contribution in [2.24, 2.45) is 0 Å². The second-order valence-corrected chi connectivity index (χ2v) is 8.18. The standard InChI is InChI=1S/C26H10/c1-2-12-6-16-10-18-8-14-4-3-13-7-17-9-15-5-11(1)19(12)25-21(15)23(17)26(20(13)14)24(18)22(16)25/h1-10H. The maximum absolute atomic E-state index is 2.41. The largest absolute Gasteiger partial charge is 0.0537 e. The molecule has 0 heterocycles. The van der Waals surface area contributed by atoms with Gasteiger partial charge in [0.15, 0.2) is 0 Å². The molecular formula is C26H10. The maximum Gasteiger partial charge on any atom is -0.000181 e. The van der Waals surface area contributed by atoms with Crippen LogP contribution in [0.5, 0.6) is 0 Å². The van der Waals surface area contributed by atoms with Crippen LogP contribution in [-0.2, 0) is 0 Å². The van der Waals surface area contributed by atoms with E-state index in [9.17, 15) is 0 Å². The van der Waals surface area contributed by atoms with Gasteiger partial charge in [-0.1, -0.05) is 24.3 Å². The number of benzene rings is 5. The summed E-state index contributed by atoms with van der Waals surface area (Å²) in [5.74, 6) is 0. The van der Waals surface area contributed by atoms with Crippen molar-refractivity contribution in [1.82, 2.24) is 0 Å². The van der Waals surface area contributed by atoms with Gasteiger partial charge in [0.25, 0.3) is 0 Å². The molecule has 0 nitrogen and oxygen atoms in total. The van der Waals surface area contributed by atoms with Crippen LogP contribution in [0.1, 0.15) is 0 Å². The summed E-state index contributed by atoms with van der Waals surface area (Å²) in [6, 6.07) is 23.6. The predicted molar refractivity (Wildman–Crippen MR) is 114 cm³/mol. The summed E-state index contributed by atoms with van der Waals surface area (Å²) in [7, 11) is 0. The minimum Gasteiger partial charge on any atom is -0.0537 e. The van der Waals surface area contributed by atoms with Gasteiger partial charge in [-0.3, -0.25) is 0 Å². The van der Waals surface area contributed by atoms with E-state index >= 15 is 0 Å². The Bertz CT molecular complexity index is 1650. The van der Waals surface area contributed by atoms with E-state index in [0.29, 0.717) is 0 Å². The lowest BCUT2D eigenvalue weighted by Crippen LogP contribution is -1.85. The lowest BCUT2D eigenvalue weighted by molar-refractivity contribution is 2.04. The van der Waals surface area contributed by atoms with Crippen molar-refractivity contribution in [2.75, 3.05) is 0 Å². The molecule has 9 aromatic rings. The van der Waals surface area contributed by atoms with E-state index < -0.39 is 0 Å². The number of hydrogen-bond acceptors (Lipinski definition) is 0. The van der Waals surface area contributed by atoms with E-state index in [1.165, 1.54) is 86.2 Å². The second-order valence-electron chi connectivity index (χ2n) is 8.18. The molecule has 26 heavy (non-hydrogen) atoms. The van der Waals surface area contributed by atoms with Gasteiger partial charge in [-0.25, -0.2) is 0 Å². The minimum atomic E-state index is 1.39. The van der Waals surface area contributed by atoms with Gasteiger partial charge in [0.1, 0.15) is 0 Å². The van der Waals surface area contributed by atoms with E-state index in [1.54, 1.807) is 0 Å². The Hall–Kier alpha value is -3.38. The summed E-state index contributed by atoms with van der Waals surface area (Å²) in [6.07, 6.45) is 0. The van der Waals surface area contributed by atoms with Crippen molar-refractivity contribution in [3.8, 4) is 0 Å². The lowest BCUT2D eigenvalue weighted by Gasteiger charge is -2.14. The van der Waals surface area contributed by atoms with E-state index in [0.717, 1.165) is 0 Å². The molecule has 9 rings (SSSR count). The molecule has 114 valence electrons. The molecule has 0 fully saturated rings. The Labute approximate surface area is 147 Å². The molecule has 0 aromatic heterocycles. The number of hydrogen-bond donors (Lipinski definition) is 0. The van der Waals surface area contributed by atoms with Gasteiger partial charge >= 0.3 is 0 Å². The van der Waals surface area contributed by atoms with Crippen LogP contribution in [0.3, 0.4) is 0 Å². The topological polar surface area (TPSA) is 0 Å². The molecule has 0 heteroatoms. The molecule has 0 aliphatic rings. The molecule has 0 N–H and O–H groups in total. The Morgan fingerprint density at radius 3 is 0.808 bits per heavy atom. The third-order valence-corrected chi connectivity index (χ3v) is 7.06. The molecular weight excluding hydrogens is 312 g/mol. The van der Waals surface area contributed by atoms with Crippen molar-refractivity contribution in [2.45, 2.75) is 0 Å². The Morgan fingerprint density at radius 1 is 0.231 bits per heavy atom. The zero-order valence-corrected chi connectivity index (χ0v) is 13.8. The van der Waals surface area contributed by atoms with Gasteiger partial charge in [-0.15, -0.1) is 0 Å². The van der Waals surface area contributed by atoms with E-state index in [-0.39, 0.29) is 0 Å². The third-order valence-electron chi connectivity index (χ3n) is 7.06. The molecule has 0 saturated heterocycles. The fourth-order valence-corrected chi connectivity index (χ4v) is 6.24. The SMILES string of the molecule is c1cc2cc3cc4cc5ccc6cc7cc8cc1c2c1c8c7c(c65)c4c31. The van der Waals surface area contributed by atoms with Gasteiger partial charge < -0.3 is 0 Å². The highest BCUT2D eigenvalue weighted by molar-refractivity contribution is 6.51. The fourth-order valence-electron chi connectivity index (χ4n) is 6.24. The van der Waals surface area contributed by atoms with Gasteiger partial charge in [0.05, 0.1) is 0 Å². The zero-order chi connectivity index (χ0) is 16.3. The molecule has 0 radical (unpaired) electrons. The van der Waals surface area contributed by atoms with E-state index in [2.05, 4.69) is 60.7 Å². The third kappa shape index (κ3) is 0.887. The van der Waals surface area contributed by atoms with Crippen LogP contribution in [0.15, 0.2) is 60.7 Å². The van der Waals surface area contributed by atoms with Crippen molar-refractivity contribution in [3.05, 3.63) is 60.7 Å². The fraction of sp³-hybridized carbons (Fsp3) is 0. The van der Waals surface area contributed by atoms with Crippen LogP contribution in [0.25, 0.3) is 86.2 Å². The van der Waals surface area contributed by atoms with Crippen LogP contribution in [-0.4, -0.2) is 0 Å². The first-order valence-electron chi connectivity index (χ1n) is 9.29. The van der Waals surface area contributed by atoms with Crippen molar-refractivity contribution < 1.29 is 0 Å². The Kier molecular flexibility index (Phi) is 1.34. The lowest BCUT2D eigenvalue weighted by atomic mass is 9.88. The highest BCUT2D eigenvalue weighted by atomic mass is 14.3. The van der Waals surface area contributed by atoms with Crippen molar-refractivity contribution in [1.29, 1.82) is 0 Å². The van der Waals surface area contributed by atoms with Crippen molar-refractivity contribution >= 4 is 86.2 Å². The van der Waals surface area contributed by atoms with Crippen molar-refractivity contribution in [3.63, 3.8) is 0 Å². The van der Waals surface area contributed by atoms with Gasteiger partial charge in [0.2, 0.25) is 0 Å². The smallest absolute Gasteiger partial charge is 0.000181 e. The Balaban J connectivity index is 1.92. The summed E-state index contributed by atoms with van der Waals surface area (Å²) in [6.45, 7) is 0. The summed E-state index contributed by atoms with van der Waals surface area (Å²) in [4.78, 5) is 0. The first-order chi connectivity index (χ1) is 12.9. The first-order valence-corrected chi connectivity index (χ1v) is 9.29. The summed E-state index contributed by atoms with van der Waals surface area (Å²) < 4.78 is 0. The summed E-state index contributed by atoms with van der Waals surface area (Å²) in [5.41, 5.74) is 0. The van der Waals surface area contributed by atoms with Crippen LogP contribution in [0.2, 0.25) is 0 Å². The highest BCUT2D eigenvalue weighted by Gasteiger charge is 2.25. The normalized spacial score (nSPS) is 14.2. The molecule has 0 amide bonds. The average molecular weight is 322 g/mol. The highest BCUT2D eigenvalue weighted by Crippen LogP contribution is 2.54. The molecule has 0 saturated carbocycles. The van der Waals surface area contributed by atoms with Gasteiger partial charge in [-0.2, -0.15) is 0 Å². The second kappa shape index (κ2) is 3.08. The van der Waals surface area contributed by atoms with Crippen LogP contribution < -0.4 is 0 Å². The first kappa shape index (κ1) is 11.3. The quantitative estimate of drug-likeness (QED) is 0.200. The van der Waals surface area contributed by atoms with E-state index in [4.69, 9.17) is 0 Å². The Morgan fingerprint density at radius 2 is 0.500 bits per heavy atom. The molecule has 0 spiro atoms. The monoisotopic (exact) mass is 322 g/mol. The van der Waals surface area contributed by atoms with Gasteiger partial charge in [0, 0.05) is 0 Å². The molecule has 0 atom stereocenters. The predicted octanol–water partition coefficient (Wildman–Crippen LogP) is 7.54. The van der Waals surface area contributed by atoms with Crippen LogP contribution >= 0.6 is 0 Å². The molecule has 9 aromatic carbocycles. The molecule has 0 aliphatic carbocycles. The van der Waals surface area contributed by atoms with Crippen LogP contribution in [0, 0.1) is 0 Å².